The van der Waals surface area contributed by atoms with Crippen molar-refractivity contribution in [3.05, 3.63) is 77.5 Å². The lowest BCUT2D eigenvalue weighted by Gasteiger charge is -2.40. The Morgan fingerprint density at radius 2 is 1.42 bits per heavy atom. The molecular formula is C21H28N2O-2. The third-order valence-electron chi connectivity index (χ3n) is 4.06. The molecule has 0 radical (unpaired) electrons. The Morgan fingerprint density at radius 1 is 0.875 bits per heavy atom. The Balaban J connectivity index is 1.94. The van der Waals surface area contributed by atoms with Gasteiger partial charge in [-0.15, -0.1) is 12.1 Å². The van der Waals surface area contributed by atoms with E-state index in [9.17, 15) is 5.11 Å². The fourth-order valence-electron chi connectivity index (χ4n) is 2.94. The molecule has 2 rings (SSSR count). The summed E-state index contributed by atoms with van der Waals surface area (Å²) in [5.74, 6) is 0.499. The van der Waals surface area contributed by atoms with Crippen LogP contribution in [0, 0.1) is 5.92 Å². The first-order chi connectivity index (χ1) is 11.5. The number of benzene rings is 2. The summed E-state index contributed by atoms with van der Waals surface area (Å²) in [6.07, 6.45) is -0.372. The second kappa shape index (κ2) is 9.58. The normalized spacial score (nSPS) is 14.1. The summed E-state index contributed by atoms with van der Waals surface area (Å²) in [6, 6.07) is 19.5. The van der Waals surface area contributed by atoms with E-state index in [0.29, 0.717) is 18.9 Å². The molecule has 0 aliphatic heterocycles. The van der Waals surface area contributed by atoms with E-state index in [2.05, 4.69) is 30.9 Å². The molecule has 0 saturated heterocycles. The minimum Gasteiger partial charge on any atom is -0.852 e. The molecule has 24 heavy (non-hydrogen) atoms. The maximum Gasteiger partial charge on any atom is 0.0233 e. The topological polar surface area (TPSA) is 50.1 Å². The number of hydrogen-bond acceptors (Lipinski definition) is 2. The molecule has 2 atom stereocenters. The lowest BCUT2D eigenvalue weighted by atomic mass is 10.0. The number of nitrogens with zero attached hydrogens (tertiary/aromatic N) is 1. The van der Waals surface area contributed by atoms with Gasteiger partial charge in [0.05, 0.1) is 0 Å². The van der Waals surface area contributed by atoms with Gasteiger partial charge in [-0.2, -0.15) is 0 Å². The molecule has 2 aromatic carbocycles. The number of hydrogen-bond donors (Lipinski definition) is 0. The van der Waals surface area contributed by atoms with E-state index in [1.807, 2.05) is 48.5 Å². The van der Waals surface area contributed by atoms with E-state index in [-0.39, 0.29) is 0 Å². The Kier molecular flexibility index (Phi) is 7.44. The molecule has 0 spiro atoms. The molecule has 0 unspecified atom stereocenters. The highest BCUT2D eigenvalue weighted by molar-refractivity contribution is 5.17. The molecule has 0 fully saturated rings. The zero-order valence-corrected chi connectivity index (χ0v) is 14.7. The molecule has 0 heterocycles. The van der Waals surface area contributed by atoms with Crippen LogP contribution in [-0.4, -0.2) is 30.1 Å². The number of nitrogens with one attached hydrogen (secondary N) is 1. The van der Waals surface area contributed by atoms with Gasteiger partial charge in [0, 0.05) is 13.1 Å². The zero-order valence-electron chi connectivity index (χ0n) is 14.7. The number of rotatable bonds is 9. The van der Waals surface area contributed by atoms with Crippen molar-refractivity contribution in [3.63, 3.8) is 0 Å². The zero-order chi connectivity index (χ0) is 17.4. The first kappa shape index (κ1) is 18.7. The molecule has 3 nitrogen and oxygen atoms in total. The summed E-state index contributed by atoms with van der Waals surface area (Å²) in [4.78, 5) is 2.20. The molecule has 0 bridgehead atoms. The predicted molar refractivity (Wildman–Crippen MR) is 98.6 cm³/mol. The van der Waals surface area contributed by atoms with Crippen LogP contribution in [0.1, 0.15) is 25.0 Å². The van der Waals surface area contributed by atoms with Crippen LogP contribution in [0.5, 0.6) is 0 Å². The Hall–Kier alpha value is -1.68. The van der Waals surface area contributed by atoms with Crippen LogP contribution in [0.3, 0.4) is 0 Å². The van der Waals surface area contributed by atoms with Gasteiger partial charge in [-0.05, 0) is 30.0 Å². The largest absolute Gasteiger partial charge is 0.852 e. The van der Waals surface area contributed by atoms with Gasteiger partial charge in [0.25, 0.3) is 0 Å². The molecule has 0 aliphatic rings. The summed E-state index contributed by atoms with van der Waals surface area (Å²) in [7, 11) is 0. The highest BCUT2D eigenvalue weighted by Crippen LogP contribution is 2.12. The van der Waals surface area contributed by atoms with Gasteiger partial charge in [0.2, 0.25) is 0 Å². The van der Waals surface area contributed by atoms with E-state index in [1.54, 1.807) is 0 Å². The third-order valence-corrected chi connectivity index (χ3v) is 4.06. The lowest BCUT2D eigenvalue weighted by Crippen LogP contribution is -2.47. The van der Waals surface area contributed by atoms with Crippen LogP contribution < -0.4 is 5.11 Å². The average Bonchev–Trinajstić information content (AvgIpc) is 2.56. The summed E-state index contributed by atoms with van der Waals surface area (Å²) >= 11 is 0. The fourth-order valence-corrected chi connectivity index (χ4v) is 2.94. The van der Waals surface area contributed by atoms with Crippen molar-refractivity contribution < 1.29 is 5.11 Å². The monoisotopic (exact) mass is 324 g/mol. The van der Waals surface area contributed by atoms with Crippen molar-refractivity contribution >= 4 is 0 Å². The predicted octanol–water partition coefficient (Wildman–Crippen LogP) is 3.54. The summed E-state index contributed by atoms with van der Waals surface area (Å²) in [5.41, 5.74) is 10.5. The van der Waals surface area contributed by atoms with Gasteiger partial charge in [0.15, 0.2) is 0 Å². The molecule has 2 aromatic rings. The Bertz CT molecular complexity index is 571. The van der Waals surface area contributed by atoms with Crippen molar-refractivity contribution in [2.24, 2.45) is 5.92 Å². The van der Waals surface area contributed by atoms with E-state index >= 15 is 0 Å². The fraction of sp³-hybridized carbons (Fsp3) is 0.429. The van der Waals surface area contributed by atoms with Gasteiger partial charge in [-0.3, -0.25) is 4.90 Å². The van der Waals surface area contributed by atoms with Gasteiger partial charge < -0.3 is 10.8 Å². The van der Waals surface area contributed by atoms with Crippen molar-refractivity contribution in [2.75, 3.05) is 13.1 Å². The van der Waals surface area contributed by atoms with Crippen LogP contribution >= 0.6 is 0 Å². The second-order valence-electron chi connectivity index (χ2n) is 6.91. The van der Waals surface area contributed by atoms with Crippen molar-refractivity contribution in [3.8, 4) is 0 Å². The van der Waals surface area contributed by atoms with E-state index in [4.69, 9.17) is 5.73 Å². The Labute approximate surface area is 146 Å². The first-order valence-electron chi connectivity index (χ1n) is 8.71. The minimum atomic E-state index is -0.896. The molecule has 0 aromatic heterocycles. The molecule has 0 saturated carbocycles. The highest BCUT2D eigenvalue weighted by Gasteiger charge is 2.11. The van der Waals surface area contributed by atoms with Crippen LogP contribution in [0.4, 0.5) is 0 Å². The van der Waals surface area contributed by atoms with Gasteiger partial charge in [-0.25, -0.2) is 0 Å². The maximum absolute atomic E-state index is 12.6. The average molecular weight is 324 g/mol. The standard InChI is InChI=1S/C21H28N2O/c1-17(2)14-23(15-19-11-7-4-8-12-19)16-21(24)20(22)13-18-9-5-3-6-10-18/h3-12,17,20-22H,13-16H2,1-2H3/q-2/t20-,21+/m0/s1. The van der Waals surface area contributed by atoms with Crippen molar-refractivity contribution in [1.82, 2.24) is 4.90 Å². The molecule has 130 valence electrons. The van der Waals surface area contributed by atoms with Crippen LogP contribution in [-0.2, 0) is 13.0 Å². The molecule has 3 heteroatoms. The summed E-state index contributed by atoms with van der Waals surface area (Å²) in [5, 5.41) is 12.6. The van der Waals surface area contributed by atoms with Crippen molar-refractivity contribution in [2.45, 2.75) is 39.0 Å². The van der Waals surface area contributed by atoms with Gasteiger partial charge in [0.1, 0.15) is 0 Å². The van der Waals surface area contributed by atoms with Crippen molar-refractivity contribution in [1.29, 1.82) is 0 Å². The summed E-state index contributed by atoms with van der Waals surface area (Å²) < 4.78 is 0. The first-order valence-corrected chi connectivity index (χ1v) is 8.71. The minimum absolute atomic E-state index is 0.425. The highest BCUT2D eigenvalue weighted by atomic mass is 16.3. The maximum atomic E-state index is 12.6. The van der Waals surface area contributed by atoms with Crippen LogP contribution in [0.15, 0.2) is 60.7 Å². The summed E-state index contributed by atoms with van der Waals surface area (Å²) in [6.45, 7) is 6.41. The third kappa shape index (κ3) is 6.44. The second-order valence-corrected chi connectivity index (χ2v) is 6.91. The SMILES string of the molecule is CC(C)CN(Cc1ccccc1)C[C@@H]([O-])[C@@H]([NH-])Cc1ccccc1. The molecular weight excluding hydrogens is 296 g/mol. The van der Waals surface area contributed by atoms with E-state index in [1.165, 1.54) is 5.56 Å². The van der Waals surface area contributed by atoms with Crippen LogP contribution in [0.2, 0.25) is 0 Å². The molecule has 0 aliphatic carbocycles. The lowest BCUT2D eigenvalue weighted by molar-refractivity contribution is -0.423. The smallest absolute Gasteiger partial charge is 0.0233 e. The Morgan fingerprint density at radius 3 is 1.96 bits per heavy atom. The van der Waals surface area contributed by atoms with E-state index in [0.717, 1.165) is 18.7 Å². The van der Waals surface area contributed by atoms with Gasteiger partial charge >= 0.3 is 0 Å². The molecule has 0 amide bonds. The molecule has 1 N–H and O–H groups in total. The van der Waals surface area contributed by atoms with Crippen LogP contribution in [0.25, 0.3) is 5.73 Å². The van der Waals surface area contributed by atoms with Gasteiger partial charge in [-0.1, -0.05) is 74.5 Å². The quantitative estimate of drug-likeness (QED) is 0.708. The van der Waals surface area contributed by atoms with E-state index < -0.39 is 12.1 Å².